The maximum absolute atomic E-state index is 11.9. The van der Waals surface area contributed by atoms with E-state index in [-0.39, 0.29) is 19.1 Å². The molecule has 1 atom stereocenters. The summed E-state index contributed by atoms with van der Waals surface area (Å²) in [6.45, 7) is 0.712. The maximum atomic E-state index is 11.9. The SMILES string of the molecule is O=C(O)C1CN(C(=O)/C=C/c2ccc(Cl)s2)CCO1. The van der Waals surface area contributed by atoms with Gasteiger partial charge in [-0.25, -0.2) is 4.79 Å². The number of ether oxygens (including phenoxy) is 1. The van der Waals surface area contributed by atoms with Crippen LogP contribution in [0.2, 0.25) is 4.34 Å². The van der Waals surface area contributed by atoms with Crippen LogP contribution in [0.25, 0.3) is 6.08 Å². The van der Waals surface area contributed by atoms with Crippen molar-refractivity contribution in [1.29, 1.82) is 0 Å². The van der Waals surface area contributed by atoms with Gasteiger partial charge in [-0.05, 0) is 18.2 Å². The van der Waals surface area contributed by atoms with Crippen molar-refractivity contribution in [2.45, 2.75) is 6.10 Å². The lowest BCUT2D eigenvalue weighted by Crippen LogP contribution is -2.48. The van der Waals surface area contributed by atoms with Gasteiger partial charge in [0, 0.05) is 17.5 Å². The number of hydrogen-bond acceptors (Lipinski definition) is 4. The first-order valence-electron chi connectivity index (χ1n) is 5.63. The van der Waals surface area contributed by atoms with Crippen LogP contribution in [0.5, 0.6) is 0 Å². The van der Waals surface area contributed by atoms with Gasteiger partial charge in [0.25, 0.3) is 0 Å². The fraction of sp³-hybridized carbons (Fsp3) is 0.333. The van der Waals surface area contributed by atoms with Crippen molar-refractivity contribution in [2.24, 2.45) is 0 Å². The molecule has 7 heteroatoms. The second kappa shape index (κ2) is 6.18. The number of thiophene rings is 1. The number of rotatable bonds is 3. The maximum Gasteiger partial charge on any atom is 0.334 e. The van der Waals surface area contributed by atoms with Crippen molar-refractivity contribution in [3.63, 3.8) is 0 Å². The minimum absolute atomic E-state index is 0.0731. The van der Waals surface area contributed by atoms with E-state index in [1.165, 1.54) is 22.3 Å². The molecule has 1 amide bonds. The molecule has 0 bridgehead atoms. The highest BCUT2D eigenvalue weighted by Crippen LogP contribution is 2.22. The average Bonchev–Trinajstić information content (AvgIpc) is 2.82. The molecular weight excluding hydrogens is 290 g/mol. The topological polar surface area (TPSA) is 66.8 Å². The van der Waals surface area contributed by atoms with Crippen LogP contribution in [-0.2, 0) is 14.3 Å². The zero-order chi connectivity index (χ0) is 13.8. The predicted molar refractivity (Wildman–Crippen MR) is 72.3 cm³/mol. The largest absolute Gasteiger partial charge is 0.479 e. The van der Waals surface area contributed by atoms with Gasteiger partial charge in [-0.2, -0.15) is 0 Å². The van der Waals surface area contributed by atoms with E-state index in [0.29, 0.717) is 10.9 Å². The fourth-order valence-corrected chi connectivity index (χ4v) is 2.64. The number of amides is 1. The van der Waals surface area contributed by atoms with E-state index >= 15 is 0 Å². The number of morpholine rings is 1. The zero-order valence-electron chi connectivity index (χ0n) is 9.91. The second-order valence-electron chi connectivity index (χ2n) is 3.96. The van der Waals surface area contributed by atoms with Crippen LogP contribution in [0.4, 0.5) is 0 Å². The highest BCUT2D eigenvalue weighted by Gasteiger charge is 2.27. The summed E-state index contributed by atoms with van der Waals surface area (Å²) >= 11 is 7.16. The van der Waals surface area contributed by atoms with Crippen LogP contribution in [0.15, 0.2) is 18.2 Å². The van der Waals surface area contributed by atoms with Crippen LogP contribution in [-0.4, -0.2) is 47.7 Å². The highest BCUT2D eigenvalue weighted by molar-refractivity contribution is 7.17. The predicted octanol–water partition coefficient (Wildman–Crippen LogP) is 1.73. The van der Waals surface area contributed by atoms with Gasteiger partial charge in [0.2, 0.25) is 5.91 Å². The minimum Gasteiger partial charge on any atom is -0.479 e. The van der Waals surface area contributed by atoms with Gasteiger partial charge in [-0.15, -0.1) is 11.3 Å². The Labute approximate surface area is 119 Å². The Morgan fingerprint density at radius 2 is 2.32 bits per heavy atom. The summed E-state index contributed by atoms with van der Waals surface area (Å²) < 4.78 is 5.71. The lowest BCUT2D eigenvalue weighted by atomic mass is 10.2. The summed E-state index contributed by atoms with van der Waals surface area (Å²) in [6.07, 6.45) is 2.15. The fourth-order valence-electron chi connectivity index (χ4n) is 1.68. The number of carbonyl (C=O) groups is 2. The normalized spacial score (nSPS) is 19.8. The number of nitrogens with zero attached hydrogens (tertiary/aromatic N) is 1. The molecule has 1 fully saturated rings. The molecule has 0 aliphatic carbocycles. The standard InChI is InChI=1S/C12H12ClNO4S/c13-10-3-1-8(19-10)2-4-11(15)14-5-6-18-9(7-14)12(16)17/h1-4,9H,5-7H2,(H,16,17)/b4-2+. The van der Waals surface area contributed by atoms with Crippen molar-refractivity contribution in [3.8, 4) is 0 Å². The van der Waals surface area contributed by atoms with E-state index in [2.05, 4.69) is 0 Å². The third-order valence-corrected chi connectivity index (χ3v) is 3.83. The Morgan fingerprint density at radius 3 is 2.95 bits per heavy atom. The van der Waals surface area contributed by atoms with E-state index in [0.717, 1.165) is 4.88 Å². The van der Waals surface area contributed by atoms with Crippen LogP contribution in [0.1, 0.15) is 4.88 Å². The van der Waals surface area contributed by atoms with Gasteiger partial charge >= 0.3 is 5.97 Å². The number of carbonyl (C=O) groups excluding carboxylic acids is 1. The molecule has 0 saturated carbocycles. The molecule has 2 heterocycles. The summed E-state index contributed by atoms with van der Waals surface area (Å²) in [6, 6.07) is 3.57. The molecule has 1 saturated heterocycles. The zero-order valence-corrected chi connectivity index (χ0v) is 11.5. The van der Waals surface area contributed by atoms with Crippen LogP contribution in [0, 0.1) is 0 Å². The highest BCUT2D eigenvalue weighted by atomic mass is 35.5. The summed E-state index contributed by atoms with van der Waals surface area (Å²) in [5.74, 6) is -1.27. The summed E-state index contributed by atoms with van der Waals surface area (Å²) in [5.41, 5.74) is 0. The molecular formula is C12H12ClNO4S. The van der Waals surface area contributed by atoms with Gasteiger partial charge < -0.3 is 14.7 Å². The minimum atomic E-state index is -1.05. The number of aliphatic carboxylic acids is 1. The quantitative estimate of drug-likeness (QED) is 0.863. The van der Waals surface area contributed by atoms with Gasteiger partial charge in [0.1, 0.15) is 0 Å². The molecule has 0 spiro atoms. The monoisotopic (exact) mass is 301 g/mol. The molecule has 0 aromatic carbocycles. The molecule has 1 unspecified atom stereocenters. The molecule has 1 aromatic heterocycles. The first-order valence-corrected chi connectivity index (χ1v) is 6.82. The van der Waals surface area contributed by atoms with Crippen LogP contribution < -0.4 is 0 Å². The van der Waals surface area contributed by atoms with Gasteiger partial charge in [0.05, 0.1) is 17.5 Å². The lowest BCUT2D eigenvalue weighted by Gasteiger charge is -2.30. The Hall–Kier alpha value is -1.37. The molecule has 2 rings (SSSR count). The van der Waals surface area contributed by atoms with E-state index < -0.39 is 12.1 Å². The number of halogens is 1. The molecule has 1 aliphatic heterocycles. The third-order valence-electron chi connectivity index (χ3n) is 2.64. The molecule has 0 radical (unpaired) electrons. The summed E-state index contributed by atoms with van der Waals surface area (Å²) in [5, 5.41) is 8.85. The van der Waals surface area contributed by atoms with E-state index in [9.17, 15) is 9.59 Å². The smallest absolute Gasteiger partial charge is 0.334 e. The van der Waals surface area contributed by atoms with E-state index in [1.54, 1.807) is 12.1 Å². The molecule has 5 nitrogen and oxygen atoms in total. The van der Waals surface area contributed by atoms with E-state index in [4.69, 9.17) is 21.4 Å². The molecule has 1 N–H and O–H groups in total. The van der Waals surface area contributed by atoms with Crippen molar-refractivity contribution < 1.29 is 19.4 Å². The molecule has 102 valence electrons. The number of carboxylic acids is 1. The van der Waals surface area contributed by atoms with Crippen molar-refractivity contribution in [2.75, 3.05) is 19.7 Å². The Morgan fingerprint density at radius 1 is 1.53 bits per heavy atom. The Kier molecular flexibility index (Phi) is 4.57. The van der Waals surface area contributed by atoms with Gasteiger partial charge in [-0.1, -0.05) is 11.6 Å². The van der Waals surface area contributed by atoms with Gasteiger partial charge in [0.15, 0.2) is 6.10 Å². The van der Waals surface area contributed by atoms with Crippen molar-refractivity contribution in [3.05, 3.63) is 27.4 Å². The van der Waals surface area contributed by atoms with Crippen LogP contribution >= 0.6 is 22.9 Å². The van der Waals surface area contributed by atoms with Gasteiger partial charge in [-0.3, -0.25) is 4.79 Å². The summed E-state index contributed by atoms with van der Waals surface area (Å²) in [7, 11) is 0. The van der Waals surface area contributed by atoms with E-state index in [1.807, 2.05) is 6.07 Å². The lowest BCUT2D eigenvalue weighted by molar-refractivity contribution is -0.158. The summed E-state index contributed by atoms with van der Waals surface area (Å²) in [4.78, 5) is 25.1. The Bertz CT molecular complexity index is 514. The molecule has 1 aromatic rings. The number of carboxylic acid groups (broad SMARTS) is 1. The van der Waals surface area contributed by atoms with Crippen LogP contribution in [0.3, 0.4) is 0 Å². The average molecular weight is 302 g/mol. The first-order chi connectivity index (χ1) is 9.06. The molecule has 1 aliphatic rings. The first kappa shape index (κ1) is 14.0. The Balaban J connectivity index is 1.96. The van der Waals surface area contributed by atoms with Crippen molar-refractivity contribution in [1.82, 2.24) is 4.90 Å². The number of hydrogen-bond donors (Lipinski definition) is 1. The second-order valence-corrected chi connectivity index (χ2v) is 5.70. The third kappa shape index (κ3) is 3.79. The molecule has 19 heavy (non-hydrogen) atoms. The van der Waals surface area contributed by atoms with Crippen molar-refractivity contribution >= 4 is 40.9 Å².